The summed E-state index contributed by atoms with van der Waals surface area (Å²) in [6.45, 7) is 4.30. The summed E-state index contributed by atoms with van der Waals surface area (Å²) in [6.07, 6.45) is 2.74. The maximum absolute atomic E-state index is 13.5. The van der Waals surface area contributed by atoms with E-state index in [4.69, 9.17) is 4.74 Å². The number of nitrogens with zero attached hydrogens (tertiary/aromatic N) is 1. The highest BCUT2D eigenvalue weighted by atomic mass is 19.1. The van der Waals surface area contributed by atoms with Gasteiger partial charge in [0.1, 0.15) is 11.4 Å². The molecule has 1 saturated carbocycles. The number of Topliss-reactive ketones (excluding diaryl/α,β-unsaturated/α-hetero) is 1. The van der Waals surface area contributed by atoms with Crippen LogP contribution in [0.5, 0.6) is 0 Å². The van der Waals surface area contributed by atoms with E-state index in [0.717, 1.165) is 6.42 Å². The second-order valence-electron chi connectivity index (χ2n) is 7.36. The van der Waals surface area contributed by atoms with Crippen molar-refractivity contribution in [1.29, 1.82) is 0 Å². The molecule has 1 amide bonds. The number of amides is 1. The lowest BCUT2D eigenvalue weighted by atomic mass is 10.0. The number of halogens is 1. The maximum Gasteiger partial charge on any atom is 0.263 e. The third kappa shape index (κ3) is 4.79. The van der Waals surface area contributed by atoms with Gasteiger partial charge < -0.3 is 14.6 Å². The highest BCUT2D eigenvalue weighted by Gasteiger charge is 2.39. The molecular weight excluding hydrogens is 375 g/mol. The predicted octanol–water partition coefficient (Wildman–Crippen LogP) is 2.70. The molecule has 1 aliphatic rings. The molecule has 1 aromatic heterocycles. The molecule has 1 heterocycles. The maximum atomic E-state index is 13.5. The van der Waals surface area contributed by atoms with Gasteiger partial charge in [0.15, 0.2) is 5.78 Å². The second kappa shape index (κ2) is 8.69. The molecule has 3 rings (SSSR count). The van der Waals surface area contributed by atoms with Crippen molar-refractivity contribution in [1.82, 2.24) is 9.88 Å². The fourth-order valence-corrected chi connectivity index (χ4v) is 3.41. The number of carbonyl (C=O) groups is 2. The first-order chi connectivity index (χ1) is 13.8. The Morgan fingerprint density at radius 2 is 2.07 bits per heavy atom. The first-order valence-electron chi connectivity index (χ1n) is 9.70. The zero-order chi connectivity index (χ0) is 21.1. The molecule has 1 aliphatic carbocycles. The third-order valence-corrected chi connectivity index (χ3v) is 5.14. The molecule has 0 bridgehead atoms. The topological polar surface area (TPSA) is 77.4 Å². The minimum Gasteiger partial charge on any atom is -0.378 e. The monoisotopic (exact) mass is 400 g/mol. The van der Waals surface area contributed by atoms with E-state index in [0.29, 0.717) is 29.7 Å². The van der Waals surface area contributed by atoms with Crippen LogP contribution in [0, 0.1) is 18.7 Å². The molecule has 29 heavy (non-hydrogen) atoms. The summed E-state index contributed by atoms with van der Waals surface area (Å²) >= 11 is 0. The van der Waals surface area contributed by atoms with Gasteiger partial charge >= 0.3 is 0 Å². The van der Waals surface area contributed by atoms with Gasteiger partial charge in [-0.2, -0.15) is 0 Å². The molecular formula is C22H25FN2O4. The number of hydrogen-bond donors (Lipinski definition) is 1. The van der Waals surface area contributed by atoms with Gasteiger partial charge in [-0.05, 0) is 49.4 Å². The van der Waals surface area contributed by atoms with Crippen LogP contribution in [-0.4, -0.2) is 36.0 Å². The SMILES string of the molecule is CCO[C@H]1C[C@@H]1CC(=O)c1cc(C(=O)NC)c(=O)n(Cc2ccc(F)c(C)c2)c1. The van der Waals surface area contributed by atoms with E-state index in [-0.39, 0.29) is 35.7 Å². The Balaban J connectivity index is 1.91. The van der Waals surface area contributed by atoms with Crippen LogP contribution >= 0.6 is 0 Å². The third-order valence-electron chi connectivity index (χ3n) is 5.14. The van der Waals surface area contributed by atoms with E-state index in [9.17, 15) is 18.8 Å². The van der Waals surface area contributed by atoms with Crippen LogP contribution in [0.25, 0.3) is 0 Å². The predicted molar refractivity (Wildman–Crippen MR) is 107 cm³/mol. The van der Waals surface area contributed by atoms with Gasteiger partial charge in [-0.3, -0.25) is 14.4 Å². The number of rotatable bonds is 8. The zero-order valence-electron chi connectivity index (χ0n) is 16.8. The molecule has 1 fully saturated rings. The number of carbonyl (C=O) groups excluding carboxylic acids is 2. The summed E-state index contributed by atoms with van der Waals surface area (Å²) in [5.41, 5.74) is 0.891. The molecule has 6 nitrogen and oxygen atoms in total. The minimum absolute atomic E-state index is 0.0886. The number of pyridine rings is 1. The summed E-state index contributed by atoms with van der Waals surface area (Å²) in [6, 6.07) is 5.92. The van der Waals surface area contributed by atoms with Crippen molar-refractivity contribution in [2.75, 3.05) is 13.7 Å². The number of benzene rings is 1. The largest absolute Gasteiger partial charge is 0.378 e. The van der Waals surface area contributed by atoms with E-state index >= 15 is 0 Å². The number of aromatic nitrogens is 1. The quantitative estimate of drug-likeness (QED) is 0.691. The average Bonchev–Trinajstić information content (AvgIpc) is 3.43. The Labute approximate surface area is 168 Å². The summed E-state index contributed by atoms with van der Waals surface area (Å²) < 4.78 is 20.4. The lowest BCUT2D eigenvalue weighted by molar-refractivity contribution is 0.0931. The van der Waals surface area contributed by atoms with Crippen LogP contribution < -0.4 is 10.9 Å². The molecule has 0 radical (unpaired) electrons. The van der Waals surface area contributed by atoms with Crippen molar-refractivity contribution in [3.8, 4) is 0 Å². The van der Waals surface area contributed by atoms with Gasteiger partial charge in [0.05, 0.1) is 12.6 Å². The number of hydrogen-bond acceptors (Lipinski definition) is 4. The van der Waals surface area contributed by atoms with Gasteiger partial charge in [-0.25, -0.2) is 4.39 Å². The van der Waals surface area contributed by atoms with Gasteiger partial charge in [0.25, 0.3) is 11.5 Å². The fraction of sp³-hybridized carbons (Fsp3) is 0.409. The average molecular weight is 400 g/mol. The summed E-state index contributed by atoms with van der Waals surface area (Å²) in [7, 11) is 1.43. The molecule has 1 aromatic carbocycles. The minimum atomic E-state index is -0.549. The Morgan fingerprint density at radius 3 is 2.72 bits per heavy atom. The summed E-state index contributed by atoms with van der Waals surface area (Å²) in [5.74, 6) is -0.839. The summed E-state index contributed by atoms with van der Waals surface area (Å²) in [4.78, 5) is 37.7. The molecule has 0 unspecified atom stereocenters. The van der Waals surface area contributed by atoms with E-state index in [1.165, 1.54) is 29.9 Å². The van der Waals surface area contributed by atoms with Crippen LogP contribution in [0.15, 0.2) is 35.3 Å². The zero-order valence-corrected chi connectivity index (χ0v) is 16.8. The van der Waals surface area contributed by atoms with Crippen LogP contribution in [-0.2, 0) is 11.3 Å². The first-order valence-corrected chi connectivity index (χ1v) is 9.70. The second-order valence-corrected chi connectivity index (χ2v) is 7.36. The van der Waals surface area contributed by atoms with Crippen LogP contribution in [0.1, 0.15) is 51.6 Å². The number of ether oxygens (including phenoxy) is 1. The Hall–Kier alpha value is -2.80. The Morgan fingerprint density at radius 1 is 1.31 bits per heavy atom. The highest BCUT2D eigenvalue weighted by Crippen LogP contribution is 2.37. The highest BCUT2D eigenvalue weighted by molar-refractivity contribution is 6.00. The van der Waals surface area contributed by atoms with Crippen molar-refractivity contribution in [2.24, 2.45) is 5.92 Å². The van der Waals surface area contributed by atoms with Crippen molar-refractivity contribution in [2.45, 2.75) is 39.3 Å². The van der Waals surface area contributed by atoms with Gasteiger partial charge in [0, 0.05) is 31.8 Å². The Bertz CT molecular complexity index is 999. The smallest absolute Gasteiger partial charge is 0.263 e. The van der Waals surface area contributed by atoms with E-state index in [2.05, 4.69) is 5.32 Å². The molecule has 1 N–H and O–H groups in total. The molecule has 7 heteroatoms. The number of ketones is 1. The molecule has 0 saturated heterocycles. The fourth-order valence-electron chi connectivity index (χ4n) is 3.41. The normalized spacial score (nSPS) is 17.8. The molecule has 0 aliphatic heterocycles. The van der Waals surface area contributed by atoms with Crippen molar-refractivity contribution in [3.63, 3.8) is 0 Å². The lowest BCUT2D eigenvalue weighted by Crippen LogP contribution is -2.32. The van der Waals surface area contributed by atoms with Gasteiger partial charge in [-0.1, -0.05) is 12.1 Å². The number of nitrogens with one attached hydrogen (secondary N) is 1. The molecule has 2 aromatic rings. The van der Waals surface area contributed by atoms with Gasteiger partial charge in [0.2, 0.25) is 0 Å². The number of aryl methyl sites for hydroxylation is 1. The van der Waals surface area contributed by atoms with Gasteiger partial charge in [-0.15, -0.1) is 0 Å². The van der Waals surface area contributed by atoms with Crippen LogP contribution in [0.3, 0.4) is 0 Å². The molecule has 154 valence electrons. The van der Waals surface area contributed by atoms with E-state index < -0.39 is 11.5 Å². The van der Waals surface area contributed by atoms with Crippen LogP contribution in [0.4, 0.5) is 4.39 Å². The van der Waals surface area contributed by atoms with E-state index in [1.807, 2.05) is 6.92 Å². The lowest BCUT2D eigenvalue weighted by Gasteiger charge is -2.12. The molecule has 2 atom stereocenters. The standard InChI is InChI=1S/C22H25FN2O4/c1-4-29-20-10-15(20)9-19(26)16-8-17(21(27)24-3)22(28)25(12-16)11-14-5-6-18(23)13(2)7-14/h5-8,12,15,20H,4,9-11H2,1-3H3,(H,24,27)/t15-,20-/m0/s1. The van der Waals surface area contributed by atoms with Crippen molar-refractivity contribution < 1.29 is 18.7 Å². The summed E-state index contributed by atoms with van der Waals surface area (Å²) in [5, 5.41) is 2.44. The van der Waals surface area contributed by atoms with Crippen molar-refractivity contribution in [3.05, 3.63) is 68.9 Å². The van der Waals surface area contributed by atoms with E-state index in [1.54, 1.807) is 19.1 Å². The van der Waals surface area contributed by atoms with Crippen LogP contribution in [0.2, 0.25) is 0 Å². The Kier molecular flexibility index (Phi) is 6.27. The molecule has 0 spiro atoms. The van der Waals surface area contributed by atoms with Crippen molar-refractivity contribution >= 4 is 11.7 Å². The first kappa shape index (κ1) is 20.9.